The van der Waals surface area contributed by atoms with Crippen molar-refractivity contribution in [2.24, 2.45) is 11.7 Å². The summed E-state index contributed by atoms with van der Waals surface area (Å²) < 4.78 is 5.37. The normalized spacial score (nSPS) is 26.4. The Labute approximate surface area is 95.8 Å². The van der Waals surface area contributed by atoms with Crippen LogP contribution >= 0.6 is 0 Å². The third kappa shape index (κ3) is 2.72. The summed E-state index contributed by atoms with van der Waals surface area (Å²) in [6.07, 6.45) is 6.40. The molecule has 1 aromatic heterocycles. The Balaban J connectivity index is 1.96. The van der Waals surface area contributed by atoms with E-state index < -0.39 is 0 Å². The molecule has 0 saturated heterocycles. The molecule has 5 heteroatoms. The maximum atomic E-state index is 5.42. The zero-order valence-corrected chi connectivity index (χ0v) is 9.78. The van der Waals surface area contributed by atoms with Crippen molar-refractivity contribution in [1.29, 1.82) is 0 Å². The summed E-state index contributed by atoms with van der Waals surface area (Å²) in [5, 5.41) is 11.1. The van der Waals surface area contributed by atoms with Crippen LogP contribution in [0.2, 0.25) is 0 Å². The van der Waals surface area contributed by atoms with Gasteiger partial charge in [-0.05, 0) is 18.8 Å². The van der Waals surface area contributed by atoms with E-state index in [2.05, 4.69) is 22.4 Å². The Kier molecular flexibility index (Phi) is 3.77. The number of anilines is 1. The van der Waals surface area contributed by atoms with Gasteiger partial charge >= 0.3 is 6.01 Å². The Hall–Kier alpha value is -1.10. The van der Waals surface area contributed by atoms with E-state index in [-0.39, 0.29) is 0 Å². The van der Waals surface area contributed by atoms with Crippen LogP contribution in [-0.4, -0.2) is 16.2 Å². The van der Waals surface area contributed by atoms with Gasteiger partial charge in [0, 0.05) is 6.04 Å². The lowest BCUT2D eigenvalue weighted by molar-refractivity contribution is 0.434. The highest BCUT2D eigenvalue weighted by Crippen LogP contribution is 2.25. The summed E-state index contributed by atoms with van der Waals surface area (Å²) in [4.78, 5) is 0. The highest BCUT2D eigenvalue weighted by Gasteiger charge is 2.21. The van der Waals surface area contributed by atoms with Crippen LogP contribution in [-0.2, 0) is 6.54 Å². The average Bonchev–Trinajstić information content (AvgIpc) is 2.65. The highest BCUT2D eigenvalue weighted by molar-refractivity contribution is 5.20. The van der Waals surface area contributed by atoms with E-state index in [1.807, 2.05) is 0 Å². The fourth-order valence-electron chi connectivity index (χ4n) is 2.26. The first-order valence-electron chi connectivity index (χ1n) is 6.08. The molecule has 90 valence electrons. The van der Waals surface area contributed by atoms with Gasteiger partial charge in [-0.3, -0.25) is 0 Å². The van der Waals surface area contributed by atoms with Crippen LogP contribution in [0.15, 0.2) is 4.42 Å². The summed E-state index contributed by atoms with van der Waals surface area (Å²) in [5.41, 5.74) is 5.42. The average molecular weight is 224 g/mol. The molecule has 2 rings (SSSR count). The van der Waals surface area contributed by atoms with Crippen LogP contribution in [0, 0.1) is 5.92 Å². The van der Waals surface area contributed by atoms with Crippen LogP contribution in [0.25, 0.3) is 0 Å². The van der Waals surface area contributed by atoms with Gasteiger partial charge in [-0.25, -0.2) is 0 Å². The number of nitrogens with one attached hydrogen (secondary N) is 1. The molecule has 0 bridgehead atoms. The van der Waals surface area contributed by atoms with Crippen molar-refractivity contribution >= 4 is 6.01 Å². The minimum Gasteiger partial charge on any atom is -0.407 e. The molecule has 0 radical (unpaired) electrons. The van der Waals surface area contributed by atoms with Gasteiger partial charge in [0.05, 0.1) is 6.54 Å². The molecule has 1 aromatic rings. The molecule has 1 aliphatic carbocycles. The molecule has 16 heavy (non-hydrogen) atoms. The van der Waals surface area contributed by atoms with Crippen molar-refractivity contribution in [2.45, 2.75) is 51.6 Å². The third-order valence-electron chi connectivity index (χ3n) is 3.31. The van der Waals surface area contributed by atoms with E-state index in [0.717, 1.165) is 0 Å². The van der Waals surface area contributed by atoms with Crippen LogP contribution in [0.1, 0.15) is 44.9 Å². The van der Waals surface area contributed by atoms with E-state index >= 15 is 0 Å². The van der Waals surface area contributed by atoms with Crippen molar-refractivity contribution in [3.63, 3.8) is 0 Å². The Morgan fingerprint density at radius 3 is 2.88 bits per heavy atom. The molecule has 0 spiro atoms. The lowest BCUT2D eigenvalue weighted by Crippen LogP contribution is -2.26. The van der Waals surface area contributed by atoms with Gasteiger partial charge < -0.3 is 15.5 Å². The van der Waals surface area contributed by atoms with Gasteiger partial charge in [0.2, 0.25) is 5.89 Å². The molecule has 0 aromatic carbocycles. The second-order valence-corrected chi connectivity index (χ2v) is 4.57. The van der Waals surface area contributed by atoms with E-state index in [0.29, 0.717) is 30.4 Å². The molecule has 1 saturated carbocycles. The molecule has 0 aliphatic heterocycles. The number of nitrogens with zero attached hydrogens (tertiary/aromatic N) is 2. The monoisotopic (exact) mass is 224 g/mol. The predicted octanol–water partition coefficient (Wildman–Crippen LogP) is 1.91. The van der Waals surface area contributed by atoms with Crippen molar-refractivity contribution in [3.8, 4) is 0 Å². The standard InChI is InChI=1S/C11H20N4O/c1-8-5-3-2-4-6-9(8)13-11-15-14-10(7-12)16-11/h8-9H,2-7,12H2,1H3,(H,13,15). The largest absolute Gasteiger partial charge is 0.407 e. The minimum atomic E-state index is 0.300. The van der Waals surface area contributed by atoms with Crippen LogP contribution in [0.4, 0.5) is 6.01 Å². The van der Waals surface area contributed by atoms with Crippen LogP contribution < -0.4 is 11.1 Å². The van der Waals surface area contributed by atoms with Gasteiger partial charge in [-0.1, -0.05) is 31.3 Å². The number of hydrogen-bond acceptors (Lipinski definition) is 5. The van der Waals surface area contributed by atoms with Gasteiger partial charge in [-0.15, -0.1) is 5.10 Å². The van der Waals surface area contributed by atoms with Crippen molar-refractivity contribution < 1.29 is 4.42 Å². The van der Waals surface area contributed by atoms with Gasteiger partial charge in [0.25, 0.3) is 0 Å². The Bertz CT molecular complexity index is 326. The fraction of sp³-hybridized carbons (Fsp3) is 0.818. The van der Waals surface area contributed by atoms with Gasteiger partial charge in [0.15, 0.2) is 0 Å². The van der Waals surface area contributed by atoms with E-state index in [4.69, 9.17) is 10.2 Å². The topological polar surface area (TPSA) is 77.0 Å². The summed E-state index contributed by atoms with van der Waals surface area (Å²) in [6, 6.07) is 0.966. The van der Waals surface area contributed by atoms with Crippen LogP contribution in [0.3, 0.4) is 0 Å². The number of aromatic nitrogens is 2. The number of hydrogen-bond donors (Lipinski definition) is 2. The van der Waals surface area contributed by atoms with Gasteiger partial charge in [-0.2, -0.15) is 0 Å². The third-order valence-corrected chi connectivity index (χ3v) is 3.31. The summed E-state index contributed by atoms with van der Waals surface area (Å²) in [7, 11) is 0. The second-order valence-electron chi connectivity index (χ2n) is 4.57. The summed E-state index contributed by atoms with van der Waals surface area (Å²) in [5.74, 6) is 1.15. The smallest absolute Gasteiger partial charge is 0.315 e. The van der Waals surface area contributed by atoms with Crippen molar-refractivity contribution in [3.05, 3.63) is 5.89 Å². The lowest BCUT2D eigenvalue weighted by atomic mass is 9.97. The molecular formula is C11H20N4O. The molecule has 3 N–H and O–H groups in total. The quantitative estimate of drug-likeness (QED) is 0.767. The first-order chi connectivity index (χ1) is 7.79. The first kappa shape index (κ1) is 11.4. The van der Waals surface area contributed by atoms with Crippen molar-refractivity contribution in [1.82, 2.24) is 10.2 Å². The Morgan fingerprint density at radius 1 is 1.31 bits per heavy atom. The SMILES string of the molecule is CC1CCCCCC1Nc1nnc(CN)o1. The van der Waals surface area contributed by atoms with Crippen LogP contribution in [0.5, 0.6) is 0 Å². The molecular weight excluding hydrogens is 204 g/mol. The van der Waals surface area contributed by atoms with E-state index in [1.54, 1.807) is 0 Å². The van der Waals surface area contributed by atoms with Gasteiger partial charge in [0.1, 0.15) is 0 Å². The zero-order valence-electron chi connectivity index (χ0n) is 9.78. The molecule has 2 unspecified atom stereocenters. The van der Waals surface area contributed by atoms with E-state index in [1.165, 1.54) is 32.1 Å². The zero-order chi connectivity index (χ0) is 11.4. The maximum absolute atomic E-state index is 5.42. The minimum absolute atomic E-state index is 0.300. The molecule has 1 heterocycles. The highest BCUT2D eigenvalue weighted by atomic mass is 16.4. The second kappa shape index (κ2) is 5.30. The van der Waals surface area contributed by atoms with Crippen molar-refractivity contribution in [2.75, 3.05) is 5.32 Å². The number of rotatable bonds is 3. The molecule has 5 nitrogen and oxygen atoms in total. The fourth-order valence-corrected chi connectivity index (χ4v) is 2.26. The lowest BCUT2D eigenvalue weighted by Gasteiger charge is -2.21. The predicted molar refractivity (Wildman–Crippen MR) is 61.8 cm³/mol. The molecule has 1 fully saturated rings. The Morgan fingerprint density at radius 2 is 2.12 bits per heavy atom. The molecule has 2 atom stereocenters. The molecule has 1 aliphatic rings. The maximum Gasteiger partial charge on any atom is 0.315 e. The summed E-state index contributed by atoms with van der Waals surface area (Å²) >= 11 is 0. The van der Waals surface area contributed by atoms with E-state index in [9.17, 15) is 0 Å². The first-order valence-corrected chi connectivity index (χ1v) is 6.08. The number of nitrogens with two attached hydrogens (primary N) is 1. The molecule has 0 amide bonds. The summed E-state index contributed by atoms with van der Waals surface area (Å²) in [6.45, 7) is 2.58.